The molecule has 1 saturated heterocycles. The lowest BCUT2D eigenvalue weighted by atomic mass is 10.3. The average molecular weight is 212 g/mol. The van der Waals surface area contributed by atoms with Gasteiger partial charge in [-0.25, -0.2) is 8.42 Å². The Hall–Kier alpha value is 0.1000. The molecule has 5 heteroatoms. The van der Waals surface area contributed by atoms with Crippen LogP contribution in [0.2, 0.25) is 0 Å². The van der Waals surface area contributed by atoms with Gasteiger partial charge in [-0.3, -0.25) is 4.21 Å². The van der Waals surface area contributed by atoms with Crippen LogP contribution in [0.3, 0.4) is 0 Å². The standard InChI is InChI=1S/C5H10O2S.C2H6OS/c1-5-3-2-4-8(5,6)7;1-4(2)3/h5H,2-4H2,1H3;1-2H3. The number of hydrogen-bond acceptors (Lipinski definition) is 3. The first kappa shape index (κ1) is 12.1. The molecule has 1 heterocycles. The maximum Gasteiger partial charge on any atom is 0.152 e. The van der Waals surface area contributed by atoms with E-state index >= 15 is 0 Å². The van der Waals surface area contributed by atoms with E-state index in [1.165, 1.54) is 0 Å². The molecule has 1 rings (SSSR count). The zero-order valence-corrected chi connectivity index (χ0v) is 9.37. The van der Waals surface area contributed by atoms with Crippen LogP contribution in [0, 0.1) is 0 Å². The minimum absolute atomic E-state index is 0.0671. The Kier molecular flexibility index (Phi) is 5.01. The van der Waals surface area contributed by atoms with Gasteiger partial charge in [0.1, 0.15) is 0 Å². The smallest absolute Gasteiger partial charge is 0.152 e. The molecule has 0 aliphatic carbocycles. The predicted molar refractivity (Wildman–Crippen MR) is 52.5 cm³/mol. The normalized spacial score (nSPS) is 26.5. The Morgan fingerprint density at radius 2 is 1.75 bits per heavy atom. The van der Waals surface area contributed by atoms with E-state index < -0.39 is 20.6 Å². The molecule has 1 fully saturated rings. The van der Waals surface area contributed by atoms with Crippen LogP contribution in [-0.4, -0.2) is 36.1 Å². The lowest BCUT2D eigenvalue weighted by molar-refractivity contribution is 0.593. The van der Waals surface area contributed by atoms with Crippen LogP contribution >= 0.6 is 0 Å². The van der Waals surface area contributed by atoms with Gasteiger partial charge in [0, 0.05) is 23.3 Å². The molecule has 0 saturated carbocycles. The fraction of sp³-hybridized carbons (Fsp3) is 1.00. The van der Waals surface area contributed by atoms with Crippen LogP contribution in [0.5, 0.6) is 0 Å². The van der Waals surface area contributed by atoms with Gasteiger partial charge >= 0.3 is 0 Å². The summed E-state index contributed by atoms with van der Waals surface area (Å²) in [4.78, 5) is 0. The van der Waals surface area contributed by atoms with E-state index in [0.717, 1.165) is 12.8 Å². The molecule has 12 heavy (non-hydrogen) atoms. The Morgan fingerprint density at radius 3 is 1.83 bits per heavy atom. The van der Waals surface area contributed by atoms with Gasteiger partial charge in [-0.15, -0.1) is 0 Å². The lowest BCUT2D eigenvalue weighted by Crippen LogP contribution is -2.10. The Labute approximate surface area is 76.9 Å². The first-order valence-corrected chi connectivity index (χ1v) is 7.51. The van der Waals surface area contributed by atoms with Crippen molar-refractivity contribution in [2.45, 2.75) is 25.0 Å². The Morgan fingerprint density at radius 1 is 1.33 bits per heavy atom. The van der Waals surface area contributed by atoms with E-state index in [-0.39, 0.29) is 5.25 Å². The molecule has 1 atom stereocenters. The van der Waals surface area contributed by atoms with Gasteiger partial charge in [0.25, 0.3) is 0 Å². The van der Waals surface area contributed by atoms with Gasteiger partial charge in [0.15, 0.2) is 9.84 Å². The van der Waals surface area contributed by atoms with Crippen molar-refractivity contribution in [2.75, 3.05) is 18.3 Å². The molecule has 0 amide bonds. The zero-order chi connectivity index (χ0) is 9.78. The molecule has 3 nitrogen and oxygen atoms in total. The van der Waals surface area contributed by atoms with E-state index in [1.807, 2.05) is 0 Å². The van der Waals surface area contributed by atoms with Crippen molar-refractivity contribution in [2.24, 2.45) is 0 Å². The minimum Gasteiger partial charge on any atom is -0.260 e. The highest BCUT2D eigenvalue weighted by Gasteiger charge is 2.26. The topological polar surface area (TPSA) is 51.2 Å². The number of hydrogen-bond donors (Lipinski definition) is 0. The maximum atomic E-state index is 10.8. The SMILES string of the molecule is CC1CCCS1(=O)=O.CS(C)=O. The van der Waals surface area contributed by atoms with Crippen molar-refractivity contribution >= 4 is 20.6 Å². The van der Waals surface area contributed by atoms with Gasteiger partial charge in [-0.1, -0.05) is 0 Å². The largest absolute Gasteiger partial charge is 0.260 e. The van der Waals surface area contributed by atoms with E-state index in [2.05, 4.69) is 0 Å². The van der Waals surface area contributed by atoms with E-state index in [9.17, 15) is 12.6 Å². The Balaban J connectivity index is 0.000000261. The summed E-state index contributed by atoms with van der Waals surface area (Å²) >= 11 is 0. The first-order chi connectivity index (χ1) is 5.36. The highest BCUT2D eigenvalue weighted by atomic mass is 32.2. The van der Waals surface area contributed by atoms with Gasteiger partial charge < -0.3 is 0 Å². The molecular weight excluding hydrogens is 196 g/mol. The molecule has 0 bridgehead atoms. The van der Waals surface area contributed by atoms with Crippen LogP contribution in [0.4, 0.5) is 0 Å². The molecular formula is C7H16O3S2. The molecule has 0 radical (unpaired) electrons. The summed E-state index contributed by atoms with van der Waals surface area (Å²) in [6, 6.07) is 0. The van der Waals surface area contributed by atoms with Gasteiger partial charge in [-0.2, -0.15) is 0 Å². The van der Waals surface area contributed by atoms with Gasteiger partial charge in [-0.05, 0) is 19.8 Å². The molecule has 0 spiro atoms. The highest BCUT2D eigenvalue weighted by Crippen LogP contribution is 2.18. The molecule has 1 unspecified atom stereocenters. The van der Waals surface area contributed by atoms with E-state index in [0.29, 0.717) is 5.75 Å². The second-order valence-electron chi connectivity index (χ2n) is 3.06. The highest BCUT2D eigenvalue weighted by molar-refractivity contribution is 7.92. The van der Waals surface area contributed by atoms with Crippen molar-refractivity contribution < 1.29 is 12.6 Å². The summed E-state index contributed by atoms with van der Waals surface area (Å²) < 4.78 is 31.1. The first-order valence-electron chi connectivity index (χ1n) is 3.83. The maximum absolute atomic E-state index is 10.8. The third kappa shape index (κ3) is 4.87. The quantitative estimate of drug-likeness (QED) is 0.590. The van der Waals surface area contributed by atoms with Crippen molar-refractivity contribution in [1.82, 2.24) is 0 Å². The number of sulfone groups is 1. The monoisotopic (exact) mass is 212 g/mol. The molecule has 0 aromatic rings. The summed E-state index contributed by atoms with van der Waals surface area (Å²) in [6.45, 7) is 1.78. The van der Waals surface area contributed by atoms with Crippen molar-refractivity contribution in [3.8, 4) is 0 Å². The molecule has 0 aromatic heterocycles. The molecule has 74 valence electrons. The average Bonchev–Trinajstić information content (AvgIpc) is 2.10. The summed E-state index contributed by atoms with van der Waals surface area (Å²) in [7, 11) is -3.24. The zero-order valence-electron chi connectivity index (χ0n) is 7.74. The summed E-state index contributed by atoms with van der Waals surface area (Å²) in [5.74, 6) is 0.411. The fourth-order valence-corrected chi connectivity index (χ4v) is 2.45. The number of rotatable bonds is 0. The third-order valence-corrected chi connectivity index (χ3v) is 3.97. The van der Waals surface area contributed by atoms with E-state index in [4.69, 9.17) is 0 Å². The summed E-state index contributed by atoms with van der Waals surface area (Å²) in [5, 5.41) is -0.0671. The minimum atomic E-state index is -2.62. The summed E-state index contributed by atoms with van der Waals surface area (Å²) in [5.41, 5.74) is 0. The van der Waals surface area contributed by atoms with Crippen LogP contribution in [0.15, 0.2) is 0 Å². The molecule has 0 N–H and O–H groups in total. The van der Waals surface area contributed by atoms with Crippen LogP contribution in [0.1, 0.15) is 19.8 Å². The predicted octanol–water partition coefficient (Wildman–Crippen LogP) is 0.578. The Bertz CT molecular complexity index is 239. The van der Waals surface area contributed by atoms with Crippen molar-refractivity contribution in [3.05, 3.63) is 0 Å². The second kappa shape index (κ2) is 4.97. The fourth-order valence-electron chi connectivity index (χ4n) is 0.953. The van der Waals surface area contributed by atoms with Gasteiger partial charge in [0.2, 0.25) is 0 Å². The van der Waals surface area contributed by atoms with Crippen molar-refractivity contribution in [3.63, 3.8) is 0 Å². The molecule has 1 aliphatic rings. The third-order valence-electron chi connectivity index (χ3n) is 1.65. The second-order valence-corrected chi connectivity index (χ2v) is 7.08. The van der Waals surface area contributed by atoms with E-state index in [1.54, 1.807) is 19.4 Å². The van der Waals surface area contributed by atoms with Crippen LogP contribution < -0.4 is 0 Å². The van der Waals surface area contributed by atoms with Crippen LogP contribution in [0.25, 0.3) is 0 Å². The van der Waals surface area contributed by atoms with Crippen LogP contribution in [-0.2, 0) is 20.6 Å². The molecule has 0 aromatic carbocycles. The molecule has 1 aliphatic heterocycles. The van der Waals surface area contributed by atoms with Gasteiger partial charge in [0.05, 0.1) is 11.0 Å². The van der Waals surface area contributed by atoms with Crippen molar-refractivity contribution in [1.29, 1.82) is 0 Å². The lowest BCUT2D eigenvalue weighted by Gasteiger charge is -1.96. The summed E-state index contributed by atoms with van der Waals surface area (Å²) in [6.07, 6.45) is 5.01.